The molecule has 0 unspecified atom stereocenters. The molecule has 0 amide bonds. The molecule has 1 aromatic carbocycles. The molecular weight excluding hydrogens is 346 g/mol. The van der Waals surface area contributed by atoms with E-state index in [9.17, 15) is 14.9 Å². The lowest BCUT2D eigenvalue weighted by atomic mass is 10.1. The lowest BCUT2D eigenvalue weighted by Crippen LogP contribution is -2.17. The molecule has 2 rings (SSSR count). The van der Waals surface area contributed by atoms with Crippen LogP contribution in [0.25, 0.3) is 11.3 Å². The van der Waals surface area contributed by atoms with Gasteiger partial charge in [-0.05, 0) is 25.1 Å². The second-order valence-corrected chi connectivity index (χ2v) is 6.20. The van der Waals surface area contributed by atoms with Crippen molar-refractivity contribution in [1.29, 1.82) is 5.26 Å². The number of carboxylic acid groups (broad SMARTS) is 1. The highest BCUT2D eigenvalue weighted by Crippen LogP contribution is 2.33. The normalized spacial score (nSPS) is 11.4. The number of ether oxygens (including phenoxy) is 2. The Labute approximate surface area is 147 Å². The molecule has 1 atom stereocenters. The quantitative estimate of drug-likeness (QED) is 0.590. The van der Waals surface area contributed by atoms with Crippen molar-refractivity contribution in [3.63, 3.8) is 0 Å². The van der Waals surface area contributed by atoms with Crippen LogP contribution >= 0.6 is 11.8 Å². The third-order valence-electron chi connectivity index (χ3n) is 3.30. The summed E-state index contributed by atoms with van der Waals surface area (Å²) in [5.41, 5.74) is -0.181. The molecule has 0 aliphatic carbocycles. The van der Waals surface area contributed by atoms with Crippen molar-refractivity contribution < 1.29 is 19.4 Å². The van der Waals surface area contributed by atoms with Crippen LogP contribution in [0.2, 0.25) is 0 Å². The van der Waals surface area contributed by atoms with Crippen LogP contribution in [0.4, 0.5) is 0 Å². The molecule has 0 saturated carbocycles. The fraction of sp³-hybridized carbons (Fsp3) is 0.250. The number of hydrogen-bond donors (Lipinski definition) is 2. The number of methoxy groups -OCH3 is 2. The third-order valence-corrected chi connectivity index (χ3v) is 4.27. The molecule has 8 nitrogen and oxygen atoms in total. The van der Waals surface area contributed by atoms with Crippen molar-refractivity contribution in [2.75, 3.05) is 14.2 Å². The molecule has 1 aromatic heterocycles. The lowest BCUT2D eigenvalue weighted by molar-refractivity contribution is -0.136. The van der Waals surface area contributed by atoms with E-state index in [2.05, 4.69) is 9.97 Å². The maximum atomic E-state index is 12.2. The molecule has 0 bridgehead atoms. The Balaban J connectivity index is 2.60. The Morgan fingerprint density at radius 2 is 2.04 bits per heavy atom. The van der Waals surface area contributed by atoms with Gasteiger partial charge in [-0.2, -0.15) is 5.26 Å². The fourth-order valence-electron chi connectivity index (χ4n) is 2.02. The summed E-state index contributed by atoms with van der Waals surface area (Å²) in [4.78, 5) is 29.8. The summed E-state index contributed by atoms with van der Waals surface area (Å²) >= 11 is 0.880. The van der Waals surface area contributed by atoms with Gasteiger partial charge in [-0.1, -0.05) is 11.8 Å². The summed E-state index contributed by atoms with van der Waals surface area (Å²) in [5, 5.41) is 17.6. The maximum absolute atomic E-state index is 12.2. The van der Waals surface area contributed by atoms with Gasteiger partial charge in [0.15, 0.2) is 16.7 Å². The highest BCUT2D eigenvalue weighted by Gasteiger charge is 2.19. The average molecular weight is 361 g/mol. The number of carboxylic acids is 1. The van der Waals surface area contributed by atoms with E-state index in [0.29, 0.717) is 17.1 Å². The van der Waals surface area contributed by atoms with E-state index in [-0.39, 0.29) is 16.4 Å². The number of carbonyl (C=O) groups is 1. The molecule has 2 aromatic rings. The number of H-pyrrole nitrogens is 1. The number of nitrogens with one attached hydrogen (secondary N) is 1. The number of thioether (sulfide) groups is 1. The molecule has 1 heterocycles. The Bertz CT molecular complexity index is 904. The van der Waals surface area contributed by atoms with E-state index in [4.69, 9.17) is 14.6 Å². The SMILES string of the molecule is COc1ccc(-c2nc(S[C@H](C)C(=O)O)[nH]c(=O)c2C#N)cc1OC. The van der Waals surface area contributed by atoms with Crippen molar-refractivity contribution in [3.05, 3.63) is 34.1 Å². The van der Waals surface area contributed by atoms with Crippen molar-refractivity contribution >= 4 is 17.7 Å². The van der Waals surface area contributed by atoms with Crippen LogP contribution in [-0.2, 0) is 4.79 Å². The first-order valence-electron chi connectivity index (χ1n) is 7.07. The number of benzene rings is 1. The van der Waals surface area contributed by atoms with E-state index in [0.717, 1.165) is 11.8 Å². The highest BCUT2D eigenvalue weighted by molar-refractivity contribution is 8.00. The number of rotatable bonds is 6. The fourth-order valence-corrected chi connectivity index (χ4v) is 2.75. The van der Waals surface area contributed by atoms with Gasteiger partial charge in [0.2, 0.25) is 0 Å². The van der Waals surface area contributed by atoms with E-state index in [1.165, 1.54) is 21.1 Å². The average Bonchev–Trinajstić information content (AvgIpc) is 2.60. The largest absolute Gasteiger partial charge is 0.493 e. The van der Waals surface area contributed by atoms with E-state index < -0.39 is 16.8 Å². The van der Waals surface area contributed by atoms with Crippen molar-refractivity contribution in [1.82, 2.24) is 9.97 Å². The van der Waals surface area contributed by atoms with Crippen LogP contribution in [0.3, 0.4) is 0 Å². The first-order chi connectivity index (χ1) is 11.9. The van der Waals surface area contributed by atoms with Crippen molar-refractivity contribution in [2.24, 2.45) is 0 Å². The maximum Gasteiger partial charge on any atom is 0.316 e. The van der Waals surface area contributed by atoms with Gasteiger partial charge in [-0.25, -0.2) is 4.98 Å². The van der Waals surface area contributed by atoms with E-state index in [1.54, 1.807) is 18.2 Å². The lowest BCUT2D eigenvalue weighted by Gasteiger charge is -2.11. The second kappa shape index (κ2) is 7.72. The third kappa shape index (κ3) is 3.92. The Hall–Kier alpha value is -2.99. The monoisotopic (exact) mass is 361 g/mol. The van der Waals surface area contributed by atoms with Gasteiger partial charge in [-0.3, -0.25) is 9.59 Å². The second-order valence-electron chi connectivity index (χ2n) is 4.87. The summed E-state index contributed by atoms with van der Waals surface area (Å²) in [5.74, 6) is -0.132. The Morgan fingerprint density at radius 3 is 2.60 bits per heavy atom. The van der Waals surface area contributed by atoms with Gasteiger partial charge < -0.3 is 19.6 Å². The molecule has 0 radical (unpaired) electrons. The first kappa shape index (κ1) is 18.4. The number of aromatic amines is 1. The molecule has 0 aliphatic heterocycles. The van der Waals surface area contributed by atoms with Crippen molar-refractivity contribution in [2.45, 2.75) is 17.3 Å². The first-order valence-corrected chi connectivity index (χ1v) is 7.95. The van der Waals surface area contributed by atoms with Crippen LogP contribution in [0, 0.1) is 11.3 Å². The van der Waals surface area contributed by atoms with Gasteiger partial charge in [-0.15, -0.1) is 0 Å². The molecule has 0 aliphatic rings. The number of hydrogen-bond acceptors (Lipinski definition) is 7. The zero-order chi connectivity index (χ0) is 18.6. The minimum atomic E-state index is -1.04. The van der Waals surface area contributed by atoms with Crippen LogP contribution in [0.5, 0.6) is 11.5 Å². The molecule has 25 heavy (non-hydrogen) atoms. The predicted molar refractivity (Wildman–Crippen MR) is 91.1 cm³/mol. The smallest absolute Gasteiger partial charge is 0.316 e. The van der Waals surface area contributed by atoms with Crippen molar-refractivity contribution in [3.8, 4) is 28.8 Å². The highest BCUT2D eigenvalue weighted by atomic mass is 32.2. The Morgan fingerprint density at radius 1 is 1.36 bits per heavy atom. The van der Waals surface area contributed by atoms with Gasteiger partial charge in [0.25, 0.3) is 5.56 Å². The number of nitrogens with zero attached hydrogens (tertiary/aromatic N) is 2. The molecule has 130 valence electrons. The standard InChI is InChI=1S/C16H15N3O5S/c1-8(15(21)22)25-16-18-13(10(7-17)14(20)19-16)9-4-5-11(23-2)12(6-9)24-3/h4-6,8H,1-3H3,(H,21,22)(H,18,19,20)/t8-/m1/s1. The zero-order valence-corrected chi connectivity index (χ0v) is 14.5. The van der Waals surface area contributed by atoms with Crippen LogP contribution in [0.15, 0.2) is 28.2 Å². The number of aliphatic carboxylic acids is 1. The van der Waals surface area contributed by atoms with Gasteiger partial charge in [0.1, 0.15) is 16.9 Å². The van der Waals surface area contributed by atoms with Gasteiger partial charge in [0, 0.05) is 5.56 Å². The number of aromatic nitrogens is 2. The van der Waals surface area contributed by atoms with E-state index in [1.807, 2.05) is 6.07 Å². The number of nitriles is 1. The zero-order valence-electron chi connectivity index (χ0n) is 13.7. The summed E-state index contributed by atoms with van der Waals surface area (Å²) in [6.07, 6.45) is 0. The minimum absolute atomic E-state index is 0.115. The van der Waals surface area contributed by atoms with Gasteiger partial charge >= 0.3 is 5.97 Å². The summed E-state index contributed by atoms with van der Waals surface area (Å²) in [6, 6.07) is 6.69. The topological polar surface area (TPSA) is 125 Å². The molecule has 2 N–H and O–H groups in total. The summed E-state index contributed by atoms with van der Waals surface area (Å²) in [6.45, 7) is 1.47. The molecule has 9 heteroatoms. The molecule has 0 fully saturated rings. The van der Waals surface area contributed by atoms with Crippen LogP contribution < -0.4 is 15.0 Å². The Kier molecular flexibility index (Phi) is 5.67. The summed E-state index contributed by atoms with van der Waals surface area (Å²) in [7, 11) is 2.96. The van der Waals surface area contributed by atoms with Crippen LogP contribution in [0.1, 0.15) is 12.5 Å². The molecule has 0 spiro atoms. The van der Waals surface area contributed by atoms with Gasteiger partial charge in [0.05, 0.1) is 19.9 Å². The van der Waals surface area contributed by atoms with Crippen LogP contribution in [-0.4, -0.2) is 40.5 Å². The summed E-state index contributed by atoms with van der Waals surface area (Å²) < 4.78 is 10.4. The molecular formula is C16H15N3O5S. The molecule has 0 saturated heterocycles. The van der Waals surface area contributed by atoms with E-state index >= 15 is 0 Å². The predicted octanol–water partition coefficient (Wildman–Crippen LogP) is 1.89. The minimum Gasteiger partial charge on any atom is -0.493 e.